The first-order valence-corrected chi connectivity index (χ1v) is 8.53. The van der Waals surface area contributed by atoms with Crippen LogP contribution in [0.15, 0.2) is 24.3 Å². The predicted octanol–water partition coefficient (Wildman–Crippen LogP) is 3.91. The van der Waals surface area contributed by atoms with E-state index in [2.05, 4.69) is 5.32 Å². The van der Waals surface area contributed by atoms with Crippen LogP contribution >= 0.6 is 0 Å². The van der Waals surface area contributed by atoms with Gasteiger partial charge in [0.2, 0.25) is 0 Å². The number of urea groups is 1. The fourth-order valence-corrected chi connectivity index (χ4v) is 3.07. The highest BCUT2D eigenvalue weighted by molar-refractivity contribution is 5.77. The van der Waals surface area contributed by atoms with Crippen LogP contribution in [0.4, 0.5) is 18.0 Å². The number of hydrogen-bond donors (Lipinski definition) is 2. The molecule has 1 aliphatic rings. The topological polar surface area (TPSA) is 69.6 Å². The summed E-state index contributed by atoms with van der Waals surface area (Å²) in [5.74, 6) is -1.39. The molecular weight excluding hydrogens is 349 g/mol. The van der Waals surface area contributed by atoms with E-state index in [9.17, 15) is 22.8 Å². The van der Waals surface area contributed by atoms with Gasteiger partial charge in [0.15, 0.2) is 0 Å². The van der Waals surface area contributed by atoms with Crippen molar-refractivity contribution in [2.24, 2.45) is 11.8 Å². The minimum Gasteiger partial charge on any atom is -0.481 e. The van der Waals surface area contributed by atoms with Crippen molar-refractivity contribution >= 4 is 12.0 Å². The number of benzene rings is 1. The highest BCUT2D eigenvalue weighted by Crippen LogP contribution is 2.32. The molecule has 5 nitrogen and oxygen atoms in total. The van der Waals surface area contributed by atoms with Gasteiger partial charge in [-0.2, -0.15) is 13.2 Å². The van der Waals surface area contributed by atoms with Gasteiger partial charge in [-0.25, -0.2) is 4.79 Å². The summed E-state index contributed by atoms with van der Waals surface area (Å²) < 4.78 is 38.9. The van der Waals surface area contributed by atoms with E-state index < -0.39 is 35.7 Å². The molecule has 1 fully saturated rings. The number of carboxylic acids is 1. The Labute approximate surface area is 150 Å². The predicted molar refractivity (Wildman–Crippen MR) is 89.5 cm³/mol. The number of nitrogens with one attached hydrogen (secondary N) is 1. The number of alkyl halides is 3. The third-order valence-corrected chi connectivity index (χ3v) is 4.45. The Morgan fingerprint density at radius 1 is 1.35 bits per heavy atom. The number of carbonyl (C=O) groups excluding carboxylic acids is 1. The Morgan fingerprint density at radius 3 is 2.58 bits per heavy atom. The first-order valence-electron chi connectivity index (χ1n) is 8.53. The van der Waals surface area contributed by atoms with Gasteiger partial charge in [0.25, 0.3) is 0 Å². The quantitative estimate of drug-likeness (QED) is 0.823. The number of rotatable bonds is 5. The van der Waals surface area contributed by atoms with E-state index in [4.69, 9.17) is 5.11 Å². The van der Waals surface area contributed by atoms with Crippen LogP contribution in [0.3, 0.4) is 0 Å². The van der Waals surface area contributed by atoms with E-state index in [-0.39, 0.29) is 12.5 Å². The summed E-state index contributed by atoms with van der Waals surface area (Å²) in [7, 11) is 0. The highest BCUT2D eigenvalue weighted by Gasteiger charge is 2.33. The molecule has 2 unspecified atom stereocenters. The van der Waals surface area contributed by atoms with E-state index >= 15 is 0 Å². The Balaban J connectivity index is 2.15. The van der Waals surface area contributed by atoms with Crippen molar-refractivity contribution in [1.82, 2.24) is 10.2 Å². The van der Waals surface area contributed by atoms with Crippen molar-refractivity contribution in [3.05, 3.63) is 35.4 Å². The molecule has 8 heteroatoms. The Kier molecular flexibility index (Phi) is 6.15. The molecule has 0 saturated carbocycles. The van der Waals surface area contributed by atoms with Crippen molar-refractivity contribution in [3.8, 4) is 0 Å². The van der Waals surface area contributed by atoms with Gasteiger partial charge in [-0.15, -0.1) is 0 Å². The second-order valence-electron chi connectivity index (χ2n) is 7.02. The van der Waals surface area contributed by atoms with Crippen LogP contribution in [0.5, 0.6) is 0 Å². The smallest absolute Gasteiger partial charge is 0.416 e. The van der Waals surface area contributed by atoms with Crippen molar-refractivity contribution in [2.45, 2.75) is 38.9 Å². The number of aliphatic carboxylic acids is 1. The van der Waals surface area contributed by atoms with Crippen LogP contribution in [-0.4, -0.2) is 35.1 Å². The number of likely N-dealkylation sites (tertiary alicyclic amines) is 1. The van der Waals surface area contributed by atoms with Crippen LogP contribution in [0, 0.1) is 11.8 Å². The second-order valence-corrected chi connectivity index (χ2v) is 7.02. The largest absolute Gasteiger partial charge is 0.481 e. The average molecular weight is 372 g/mol. The standard InChI is InChI=1S/C18H23F3N2O3/c1-11(2)8-15(12-4-3-5-14(9-12)18(19,20)21)22-17(26)23-7-6-13(10-23)16(24)25/h3-5,9,11,13,15H,6-8,10H2,1-2H3,(H,22,26)(H,24,25). The summed E-state index contributed by atoms with van der Waals surface area (Å²) in [6.45, 7) is 4.27. The minimum absolute atomic E-state index is 0.109. The molecular formula is C18H23F3N2O3. The number of nitrogens with zero attached hydrogens (tertiary/aromatic N) is 1. The third-order valence-electron chi connectivity index (χ3n) is 4.45. The summed E-state index contributed by atoms with van der Waals surface area (Å²) in [6.07, 6.45) is -3.60. The summed E-state index contributed by atoms with van der Waals surface area (Å²) in [4.78, 5) is 24.9. The van der Waals surface area contributed by atoms with E-state index in [1.54, 1.807) is 6.07 Å². The van der Waals surface area contributed by atoms with Gasteiger partial charge in [-0.3, -0.25) is 4.79 Å². The van der Waals surface area contributed by atoms with Crippen molar-refractivity contribution in [2.75, 3.05) is 13.1 Å². The molecule has 0 bridgehead atoms. The zero-order chi connectivity index (χ0) is 19.5. The Bertz CT molecular complexity index is 661. The number of carboxylic acid groups (broad SMARTS) is 1. The van der Waals surface area contributed by atoms with E-state index in [1.165, 1.54) is 11.0 Å². The maximum Gasteiger partial charge on any atom is 0.416 e. The van der Waals surface area contributed by atoms with E-state index in [0.717, 1.165) is 12.1 Å². The van der Waals surface area contributed by atoms with E-state index in [1.807, 2.05) is 13.8 Å². The molecule has 1 aromatic rings. The van der Waals surface area contributed by atoms with Crippen LogP contribution in [0.25, 0.3) is 0 Å². The Hall–Kier alpha value is -2.25. The van der Waals surface area contributed by atoms with Crippen LogP contribution in [0.1, 0.15) is 43.9 Å². The zero-order valence-corrected chi connectivity index (χ0v) is 14.7. The molecule has 2 amide bonds. The molecule has 0 radical (unpaired) electrons. The van der Waals surface area contributed by atoms with Gasteiger partial charge in [0.1, 0.15) is 0 Å². The van der Waals surface area contributed by atoms with Gasteiger partial charge in [0, 0.05) is 13.1 Å². The lowest BCUT2D eigenvalue weighted by Gasteiger charge is -2.25. The molecule has 1 heterocycles. The lowest BCUT2D eigenvalue weighted by molar-refractivity contribution is -0.141. The Morgan fingerprint density at radius 2 is 2.04 bits per heavy atom. The zero-order valence-electron chi connectivity index (χ0n) is 14.7. The first kappa shape index (κ1) is 20.1. The van der Waals surface area contributed by atoms with Gasteiger partial charge >= 0.3 is 18.2 Å². The summed E-state index contributed by atoms with van der Waals surface area (Å²) in [6, 6.07) is 3.92. The normalized spacial score (nSPS) is 18.8. The number of amides is 2. The monoisotopic (exact) mass is 372 g/mol. The lowest BCUT2D eigenvalue weighted by Crippen LogP contribution is -2.41. The van der Waals surface area contributed by atoms with Crippen molar-refractivity contribution < 1.29 is 27.9 Å². The summed E-state index contributed by atoms with van der Waals surface area (Å²) in [5, 5.41) is 11.8. The molecule has 1 saturated heterocycles. The van der Waals surface area contributed by atoms with E-state index in [0.29, 0.717) is 24.9 Å². The molecule has 0 aliphatic carbocycles. The minimum atomic E-state index is -4.45. The first-order chi connectivity index (χ1) is 12.1. The number of carbonyl (C=O) groups is 2. The fraction of sp³-hybridized carbons (Fsp3) is 0.556. The van der Waals surface area contributed by atoms with Gasteiger partial charge in [0.05, 0.1) is 17.5 Å². The van der Waals surface area contributed by atoms with Gasteiger partial charge < -0.3 is 15.3 Å². The molecule has 1 aromatic carbocycles. The molecule has 1 aliphatic heterocycles. The molecule has 26 heavy (non-hydrogen) atoms. The highest BCUT2D eigenvalue weighted by atomic mass is 19.4. The SMILES string of the molecule is CC(C)CC(NC(=O)N1CCC(C(=O)O)C1)c1cccc(C(F)(F)F)c1. The molecule has 2 N–H and O–H groups in total. The summed E-state index contributed by atoms with van der Waals surface area (Å²) in [5.41, 5.74) is -0.374. The molecule has 2 atom stereocenters. The molecule has 144 valence electrons. The molecule has 2 rings (SSSR count). The molecule has 0 spiro atoms. The fourth-order valence-electron chi connectivity index (χ4n) is 3.07. The maximum absolute atomic E-state index is 13.0. The second kappa shape index (κ2) is 7.97. The number of halogens is 3. The third kappa shape index (κ3) is 5.12. The van der Waals surface area contributed by atoms with Crippen molar-refractivity contribution in [1.29, 1.82) is 0 Å². The number of hydrogen-bond acceptors (Lipinski definition) is 2. The maximum atomic E-state index is 13.0. The summed E-state index contributed by atoms with van der Waals surface area (Å²) >= 11 is 0. The van der Waals surface area contributed by atoms with Gasteiger partial charge in [-0.1, -0.05) is 26.0 Å². The molecule has 0 aromatic heterocycles. The van der Waals surface area contributed by atoms with Crippen LogP contribution < -0.4 is 5.32 Å². The van der Waals surface area contributed by atoms with Crippen LogP contribution in [-0.2, 0) is 11.0 Å². The van der Waals surface area contributed by atoms with Gasteiger partial charge in [-0.05, 0) is 36.5 Å². The average Bonchev–Trinajstić information content (AvgIpc) is 3.03. The van der Waals surface area contributed by atoms with Crippen LogP contribution in [0.2, 0.25) is 0 Å². The van der Waals surface area contributed by atoms with Crippen molar-refractivity contribution in [3.63, 3.8) is 0 Å². The lowest BCUT2D eigenvalue weighted by atomic mass is 9.95.